The van der Waals surface area contributed by atoms with Gasteiger partial charge in [0.15, 0.2) is 5.69 Å². The van der Waals surface area contributed by atoms with Crippen molar-refractivity contribution in [2.75, 3.05) is 7.11 Å². The molecule has 1 fully saturated rings. The third-order valence-electron chi connectivity index (χ3n) is 6.40. The predicted octanol–water partition coefficient (Wildman–Crippen LogP) is 4.56. The molecule has 0 saturated heterocycles. The Hall–Kier alpha value is -3.78. The van der Waals surface area contributed by atoms with E-state index >= 15 is 0 Å². The van der Waals surface area contributed by atoms with Crippen molar-refractivity contribution in [2.45, 2.75) is 25.2 Å². The summed E-state index contributed by atoms with van der Waals surface area (Å²) < 4.78 is 8.17. The van der Waals surface area contributed by atoms with Gasteiger partial charge >= 0.3 is 5.97 Å². The fraction of sp³-hybridized carbons (Fsp3) is 0.231. The average Bonchev–Trinajstić information content (AvgIpc) is 3.45. The molecular weight excluding hydrogens is 448 g/mol. The monoisotopic (exact) mass is 470 g/mol. The molecule has 3 aromatic heterocycles. The van der Waals surface area contributed by atoms with Gasteiger partial charge in [-0.25, -0.2) is 4.79 Å². The van der Waals surface area contributed by atoms with Gasteiger partial charge in [0.2, 0.25) is 0 Å². The normalized spacial score (nSPS) is 13.6. The first-order chi connectivity index (χ1) is 16.5. The lowest BCUT2D eigenvalue weighted by Crippen LogP contribution is -2.20. The van der Waals surface area contributed by atoms with E-state index in [0.717, 1.165) is 28.8 Å². The third-order valence-corrected chi connectivity index (χ3v) is 7.60. The lowest BCUT2D eigenvalue weighted by atomic mass is 9.95. The highest BCUT2D eigenvalue weighted by atomic mass is 32.1. The van der Waals surface area contributed by atoms with Crippen LogP contribution < -0.4 is 5.56 Å². The second-order valence-electron chi connectivity index (χ2n) is 8.70. The van der Waals surface area contributed by atoms with E-state index < -0.39 is 5.97 Å². The van der Waals surface area contributed by atoms with Gasteiger partial charge in [-0.3, -0.25) is 13.9 Å². The van der Waals surface area contributed by atoms with Crippen LogP contribution in [-0.2, 0) is 18.2 Å². The van der Waals surface area contributed by atoms with Crippen molar-refractivity contribution in [3.05, 3.63) is 87.5 Å². The number of thiazole rings is 1. The van der Waals surface area contributed by atoms with Crippen LogP contribution in [0.4, 0.5) is 0 Å². The molecule has 0 spiro atoms. The molecule has 1 aliphatic carbocycles. The minimum absolute atomic E-state index is 0.214. The second kappa shape index (κ2) is 7.92. The van der Waals surface area contributed by atoms with Gasteiger partial charge in [-0.05, 0) is 52.6 Å². The third kappa shape index (κ3) is 3.33. The molecule has 5 aromatic rings. The van der Waals surface area contributed by atoms with Gasteiger partial charge in [0, 0.05) is 13.1 Å². The van der Waals surface area contributed by atoms with Gasteiger partial charge < -0.3 is 4.74 Å². The lowest BCUT2D eigenvalue weighted by molar-refractivity contribution is 0.0593. The molecule has 0 aliphatic heterocycles. The number of benzene rings is 2. The largest absolute Gasteiger partial charge is 0.464 e. The maximum Gasteiger partial charge on any atom is 0.356 e. The van der Waals surface area contributed by atoms with Crippen molar-refractivity contribution in [1.82, 2.24) is 19.4 Å². The van der Waals surface area contributed by atoms with Gasteiger partial charge in [-0.1, -0.05) is 47.7 Å². The second-order valence-corrected chi connectivity index (χ2v) is 9.70. The minimum atomic E-state index is -0.558. The highest BCUT2D eigenvalue weighted by molar-refractivity contribution is 7.21. The van der Waals surface area contributed by atoms with Crippen LogP contribution in [0, 0.1) is 0 Å². The zero-order valence-electron chi connectivity index (χ0n) is 18.8. The number of carbonyl (C=O) groups excluding carboxylic acids is 1. The van der Waals surface area contributed by atoms with E-state index in [0.29, 0.717) is 22.9 Å². The molecule has 1 saturated carbocycles. The van der Waals surface area contributed by atoms with Gasteiger partial charge in [-0.15, -0.1) is 16.4 Å². The quantitative estimate of drug-likeness (QED) is 0.352. The molecule has 0 N–H and O–H groups in total. The molecule has 170 valence electrons. The van der Waals surface area contributed by atoms with E-state index in [1.54, 1.807) is 24.0 Å². The number of aryl methyl sites for hydroxylation is 1. The smallest absolute Gasteiger partial charge is 0.356 e. The molecule has 3 heterocycles. The Kier molecular flexibility index (Phi) is 4.84. The number of rotatable bonds is 5. The van der Waals surface area contributed by atoms with Crippen molar-refractivity contribution in [1.29, 1.82) is 0 Å². The first-order valence-corrected chi connectivity index (χ1v) is 12.0. The molecule has 2 aromatic carbocycles. The molecule has 34 heavy (non-hydrogen) atoms. The summed E-state index contributed by atoms with van der Waals surface area (Å²) in [5, 5.41) is 10.6. The Morgan fingerprint density at radius 3 is 2.68 bits per heavy atom. The first kappa shape index (κ1) is 20.8. The fourth-order valence-electron chi connectivity index (χ4n) is 4.72. The van der Waals surface area contributed by atoms with Crippen LogP contribution in [0.15, 0.2) is 59.5 Å². The number of methoxy groups -OCH3 is 1. The van der Waals surface area contributed by atoms with E-state index in [1.165, 1.54) is 39.2 Å². The first-order valence-electron chi connectivity index (χ1n) is 11.2. The summed E-state index contributed by atoms with van der Waals surface area (Å²) in [6.07, 6.45) is 4.55. The van der Waals surface area contributed by atoms with E-state index in [9.17, 15) is 9.59 Å². The van der Waals surface area contributed by atoms with E-state index in [1.807, 2.05) is 12.1 Å². The Labute approximate surface area is 199 Å². The Balaban J connectivity index is 1.61. The zero-order chi connectivity index (χ0) is 23.4. The van der Waals surface area contributed by atoms with E-state index in [4.69, 9.17) is 4.74 Å². The topological polar surface area (TPSA) is 78.5 Å². The van der Waals surface area contributed by atoms with Gasteiger partial charge in [0.05, 0.1) is 18.2 Å². The summed E-state index contributed by atoms with van der Waals surface area (Å²) >= 11 is 1.42. The summed E-state index contributed by atoms with van der Waals surface area (Å²) in [7, 11) is 3.10. The van der Waals surface area contributed by atoms with Crippen LogP contribution in [0.1, 0.15) is 45.9 Å². The molecule has 0 unspecified atom stereocenters. The van der Waals surface area contributed by atoms with Crippen molar-refractivity contribution in [2.24, 2.45) is 7.05 Å². The molecule has 8 heteroatoms. The molecular formula is C26H22N4O3S. The number of hydrogen-bond acceptors (Lipinski definition) is 6. The number of ether oxygens (including phenoxy) is 1. The molecule has 1 aliphatic rings. The average molecular weight is 471 g/mol. The SMILES string of the molecule is COC(=O)c1c(-c2cn(C)nn2)sc2c(C3CC3)c(Cc3cccc4ccccc34)cc(=O)n12. The number of fused-ring (bicyclic) bond motifs is 2. The van der Waals surface area contributed by atoms with Gasteiger partial charge in [0.1, 0.15) is 10.5 Å². The highest BCUT2D eigenvalue weighted by Gasteiger charge is 2.33. The van der Waals surface area contributed by atoms with Crippen LogP contribution >= 0.6 is 11.3 Å². The van der Waals surface area contributed by atoms with Crippen molar-refractivity contribution >= 4 is 32.9 Å². The summed E-state index contributed by atoms with van der Waals surface area (Å²) in [6, 6.07) is 16.3. The highest BCUT2D eigenvalue weighted by Crippen LogP contribution is 2.47. The summed E-state index contributed by atoms with van der Waals surface area (Å²) in [5.74, 6) is -0.183. The number of esters is 1. The molecule has 0 bridgehead atoms. The van der Waals surface area contributed by atoms with Crippen molar-refractivity contribution in [3.63, 3.8) is 0 Å². The molecule has 0 atom stereocenters. The van der Waals surface area contributed by atoms with E-state index in [2.05, 4.69) is 40.6 Å². The number of carbonyl (C=O) groups is 1. The summed E-state index contributed by atoms with van der Waals surface area (Å²) in [5.41, 5.74) is 3.88. The number of pyridine rings is 1. The number of nitrogens with zero attached hydrogens (tertiary/aromatic N) is 4. The van der Waals surface area contributed by atoms with Crippen LogP contribution in [0.25, 0.3) is 26.2 Å². The van der Waals surface area contributed by atoms with Crippen LogP contribution in [0.5, 0.6) is 0 Å². The van der Waals surface area contributed by atoms with Gasteiger partial charge in [0.25, 0.3) is 5.56 Å². The maximum absolute atomic E-state index is 13.5. The number of aromatic nitrogens is 4. The van der Waals surface area contributed by atoms with E-state index in [-0.39, 0.29) is 11.3 Å². The Bertz CT molecular complexity index is 1640. The standard InChI is InChI=1S/C26H22N4O3S/c1-29-14-20(27-28-29)24-23(26(32)33-2)30-21(31)13-18(22(16-10-11-16)25(30)34-24)12-17-8-5-7-15-6-3-4-9-19(15)17/h3-9,13-14,16H,10-12H2,1-2H3. The lowest BCUT2D eigenvalue weighted by Gasteiger charge is -2.13. The minimum Gasteiger partial charge on any atom is -0.464 e. The van der Waals surface area contributed by atoms with Crippen LogP contribution in [-0.4, -0.2) is 32.5 Å². The van der Waals surface area contributed by atoms with Crippen molar-refractivity contribution in [3.8, 4) is 10.6 Å². The predicted molar refractivity (Wildman–Crippen MR) is 132 cm³/mol. The molecule has 0 amide bonds. The van der Waals surface area contributed by atoms with Crippen LogP contribution in [0.3, 0.4) is 0 Å². The molecule has 0 radical (unpaired) electrons. The Morgan fingerprint density at radius 1 is 1.15 bits per heavy atom. The van der Waals surface area contributed by atoms with Crippen molar-refractivity contribution < 1.29 is 9.53 Å². The molecule has 7 nitrogen and oxygen atoms in total. The fourth-order valence-corrected chi connectivity index (χ4v) is 6.06. The summed E-state index contributed by atoms with van der Waals surface area (Å²) in [4.78, 5) is 27.7. The van der Waals surface area contributed by atoms with Gasteiger partial charge in [-0.2, -0.15) is 0 Å². The Morgan fingerprint density at radius 2 is 1.94 bits per heavy atom. The van der Waals surface area contributed by atoms with Crippen LogP contribution in [0.2, 0.25) is 0 Å². The summed E-state index contributed by atoms with van der Waals surface area (Å²) in [6.45, 7) is 0. The number of hydrogen-bond donors (Lipinski definition) is 0. The maximum atomic E-state index is 13.5. The molecule has 6 rings (SSSR count). The zero-order valence-corrected chi connectivity index (χ0v) is 19.6.